The molecule has 0 saturated carbocycles. The summed E-state index contributed by atoms with van der Waals surface area (Å²) in [7, 11) is 0. The standard InChI is InChI=1S/C11H23N3O2/c1-6-12-10(16)8(2)13-7-9(15)14-11(3,4)5/h8,13H,6-7H2,1-5H3,(H,12,16)(H,14,15). The second-order valence-electron chi connectivity index (χ2n) is 4.80. The highest BCUT2D eigenvalue weighted by atomic mass is 16.2. The summed E-state index contributed by atoms with van der Waals surface area (Å²) in [5.41, 5.74) is -0.242. The summed E-state index contributed by atoms with van der Waals surface area (Å²) in [6, 6.07) is -0.356. The van der Waals surface area contributed by atoms with E-state index in [2.05, 4.69) is 16.0 Å². The molecule has 3 N–H and O–H groups in total. The van der Waals surface area contributed by atoms with Gasteiger partial charge in [-0.2, -0.15) is 0 Å². The molecule has 16 heavy (non-hydrogen) atoms. The van der Waals surface area contributed by atoms with Crippen molar-refractivity contribution in [2.45, 2.75) is 46.2 Å². The van der Waals surface area contributed by atoms with Crippen LogP contribution in [0.5, 0.6) is 0 Å². The van der Waals surface area contributed by atoms with E-state index < -0.39 is 0 Å². The monoisotopic (exact) mass is 229 g/mol. The molecule has 5 heteroatoms. The Kier molecular flexibility index (Phi) is 6.03. The van der Waals surface area contributed by atoms with Crippen LogP contribution in [0.1, 0.15) is 34.6 Å². The van der Waals surface area contributed by atoms with Gasteiger partial charge in [0.25, 0.3) is 0 Å². The van der Waals surface area contributed by atoms with Crippen LogP contribution in [0.15, 0.2) is 0 Å². The number of nitrogens with one attached hydrogen (secondary N) is 3. The molecule has 0 aromatic rings. The zero-order chi connectivity index (χ0) is 12.8. The van der Waals surface area contributed by atoms with Crippen LogP contribution in [0, 0.1) is 0 Å². The summed E-state index contributed by atoms with van der Waals surface area (Å²) in [5.74, 6) is -0.199. The second-order valence-corrected chi connectivity index (χ2v) is 4.80. The van der Waals surface area contributed by atoms with Gasteiger partial charge in [-0.15, -0.1) is 0 Å². The molecule has 0 aromatic heterocycles. The number of hydrogen-bond donors (Lipinski definition) is 3. The summed E-state index contributed by atoms with van der Waals surface area (Å²) in [5, 5.41) is 8.36. The van der Waals surface area contributed by atoms with Gasteiger partial charge in [-0.3, -0.25) is 14.9 Å². The highest BCUT2D eigenvalue weighted by molar-refractivity contribution is 5.83. The van der Waals surface area contributed by atoms with Crippen LogP contribution in [0.2, 0.25) is 0 Å². The molecular weight excluding hydrogens is 206 g/mol. The first-order valence-corrected chi connectivity index (χ1v) is 5.58. The van der Waals surface area contributed by atoms with E-state index in [0.717, 1.165) is 0 Å². The third-order valence-electron chi connectivity index (χ3n) is 1.83. The largest absolute Gasteiger partial charge is 0.355 e. The van der Waals surface area contributed by atoms with Gasteiger partial charge < -0.3 is 10.6 Å². The van der Waals surface area contributed by atoms with Crippen molar-refractivity contribution < 1.29 is 9.59 Å². The van der Waals surface area contributed by atoms with Crippen LogP contribution >= 0.6 is 0 Å². The molecular formula is C11H23N3O2. The van der Waals surface area contributed by atoms with Crippen LogP contribution in [0.25, 0.3) is 0 Å². The Morgan fingerprint density at radius 2 is 1.81 bits per heavy atom. The number of rotatable bonds is 5. The summed E-state index contributed by atoms with van der Waals surface area (Å²) in [4.78, 5) is 22.8. The van der Waals surface area contributed by atoms with Gasteiger partial charge in [0.1, 0.15) is 0 Å². The first kappa shape index (κ1) is 14.9. The molecule has 1 unspecified atom stereocenters. The van der Waals surface area contributed by atoms with Crippen molar-refractivity contribution in [2.24, 2.45) is 0 Å². The van der Waals surface area contributed by atoms with Gasteiger partial charge in [-0.05, 0) is 34.6 Å². The van der Waals surface area contributed by atoms with Crippen molar-refractivity contribution in [1.82, 2.24) is 16.0 Å². The van der Waals surface area contributed by atoms with Crippen molar-refractivity contribution in [3.05, 3.63) is 0 Å². The topological polar surface area (TPSA) is 70.2 Å². The number of likely N-dealkylation sites (N-methyl/N-ethyl adjacent to an activating group) is 1. The maximum atomic E-state index is 11.4. The Morgan fingerprint density at radius 3 is 2.25 bits per heavy atom. The van der Waals surface area contributed by atoms with Gasteiger partial charge in [0.05, 0.1) is 12.6 Å². The Labute approximate surface area is 97.4 Å². The first-order chi connectivity index (χ1) is 7.26. The lowest BCUT2D eigenvalue weighted by Gasteiger charge is -2.21. The quantitative estimate of drug-likeness (QED) is 0.622. The van der Waals surface area contributed by atoms with Gasteiger partial charge in [0.15, 0.2) is 0 Å². The maximum Gasteiger partial charge on any atom is 0.236 e. The summed E-state index contributed by atoms with van der Waals surface area (Å²) in [6.45, 7) is 10.1. The summed E-state index contributed by atoms with van der Waals surface area (Å²) in [6.07, 6.45) is 0. The molecule has 0 rings (SSSR count). The molecule has 0 bridgehead atoms. The van der Waals surface area contributed by atoms with E-state index in [1.165, 1.54) is 0 Å². The second kappa shape index (κ2) is 6.48. The van der Waals surface area contributed by atoms with Gasteiger partial charge in [0.2, 0.25) is 11.8 Å². The average Bonchev–Trinajstić information content (AvgIpc) is 2.11. The van der Waals surface area contributed by atoms with Crippen LogP contribution in [-0.2, 0) is 9.59 Å². The number of carbonyl (C=O) groups excluding carboxylic acids is 2. The molecule has 2 amide bonds. The molecule has 0 radical (unpaired) electrons. The van der Waals surface area contributed by atoms with E-state index in [4.69, 9.17) is 0 Å². The molecule has 0 fully saturated rings. The molecule has 0 aromatic carbocycles. The van der Waals surface area contributed by atoms with E-state index in [1.807, 2.05) is 27.7 Å². The Hall–Kier alpha value is -1.10. The van der Waals surface area contributed by atoms with Gasteiger partial charge >= 0.3 is 0 Å². The molecule has 0 spiro atoms. The fourth-order valence-electron chi connectivity index (χ4n) is 1.13. The highest BCUT2D eigenvalue weighted by Crippen LogP contribution is 1.97. The smallest absolute Gasteiger partial charge is 0.236 e. The molecule has 0 aliphatic heterocycles. The Morgan fingerprint density at radius 1 is 1.25 bits per heavy atom. The number of carbonyl (C=O) groups is 2. The van der Waals surface area contributed by atoms with Crippen molar-refractivity contribution in [3.63, 3.8) is 0 Å². The lowest BCUT2D eigenvalue weighted by molar-refractivity contribution is -0.123. The number of hydrogen-bond acceptors (Lipinski definition) is 3. The van der Waals surface area contributed by atoms with Crippen LogP contribution in [0.4, 0.5) is 0 Å². The minimum atomic E-state index is -0.356. The molecule has 0 aliphatic rings. The fourth-order valence-corrected chi connectivity index (χ4v) is 1.13. The van der Waals surface area contributed by atoms with Crippen molar-refractivity contribution in [3.8, 4) is 0 Å². The third kappa shape index (κ3) is 7.23. The maximum absolute atomic E-state index is 11.4. The first-order valence-electron chi connectivity index (χ1n) is 5.58. The fraction of sp³-hybridized carbons (Fsp3) is 0.818. The van der Waals surface area contributed by atoms with Gasteiger partial charge in [-0.25, -0.2) is 0 Å². The predicted octanol–water partition coefficient (Wildman–Crippen LogP) is 0.0153. The highest BCUT2D eigenvalue weighted by Gasteiger charge is 2.16. The lowest BCUT2D eigenvalue weighted by atomic mass is 10.1. The molecule has 0 heterocycles. The molecule has 0 aliphatic carbocycles. The SMILES string of the molecule is CCNC(=O)C(C)NCC(=O)NC(C)(C)C. The van der Waals surface area contributed by atoms with E-state index in [9.17, 15) is 9.59 Å². The zero-order valence-electron chi connectivity index (χ0n) is 10.8. The minimum absolute atomic E-state index is 0.0916. The zero-order valence-corrected chi connectivity index (χ0v) is 10.8. The third-order valence-corrected chi connectivity index (χ3v) is 1.83. The van der Waals surface area contributed by atoms with Crippen molar-refractivity contribution >= 4 is 11.8 Å². The molecule has 0 saturated heterocycles. The molecule has 5 nitrogen and oxygen atoms in total. The van der Waals surface area contributed by atoms with E-state index in [1.54, 1.807) is 6.92 Å². The summed E-state index contributed by atoms with van der Waals surface area (Å²) < 4.78 is 0. The van der Waals surface area contributed by atoms with E-state index in [0.29, 0.717) is 6.54 Å². The minimum Gasteiger partial charge on any atom is -0.355 e. The van der Waals surface area contributed by atoms with Crippen molar-refractivity contribution in [2.75, 3.05) is 13.1 Å². The van der Waals surface area contributed by atoms with Crippen molar-refractivity contribution in [1.29, 1.82) is 0 Å². The molecule has 1 atom stereocenters. The summed E-state index contributed by atoms with van der Waals surface area (Å²) >= 11 is 0. The van der Waals surface area contributed by atoms with Crippen LogP contribution < -0.4 is 16.0 Å². The number of amides is 2. The van der Waals surface area contributed by atoms with E-state index in [-0.39, 0.29) is 29.9 Å². The van der Waals surface area contributed by atoms with Crippen LogP contribution in [-0.4, -0.2) is 36.5 Å². The van der Waals surface area contributed by atoms with Crippen LogP contribution in [0.3, 0.4) is 0 Å². The van der Waals surface area contributed by atoms with Gasteiger partial charge in [-0.1, -0.05) is 0 Å². The van der Waals surface area contributed by atoms with Gasteiger partial charge in [0, 0.05) is 12.1 Å². The predicted molar refractivity (Wildman–Crippen MR) is 64.0 cm³/mol. The Bertz CT molecular complexity index is 246. The average molecular weight is 229 g/mol. The lowest BCUT2D eigenvalue weighted by Crippen LogP contribution is -2.49. The Balaban J connectivity index is 3.88. The normalized spacial score (nSPS) is 13.1. The van der Waals surface area contributed by atoms with E-state index >= 15 is 0 Å². The molecule has 94 valence electrons.